The van der Waals surface area contributed by atoms with E-state index in [1.807, 2.05) is 42.8 Å². The highest BCUT2D eigenvalue weighted by Crippen LogP contribution is 2.18. The first-order valence-corrected chi connectivity index (χ1v) is 6.83. The van der Waals surface area contributed by atoms with E-state index in [2.05, 4.69) is 10.2 Å². The molecule has 4 nitrogen and oxygen atoms in total. The Hall–Kier alpha value is -2.14. The van der Waals surface area contributed by atoms with Gasteiger partial charge in [-0.05, 0) is 17.5 Å². The molecule has 0 fully saturated rings. The molecule has 96 valence electrons. The first kappa shape index (κ1) is 11.9. The standard InChI is InChI=1S/C14H13N3OS/c1-17(9-11-5-3-7-19-11)14(18)12-6-2-4-10-8-15-16-13(10)12/h2-8H,9H2,1H3,(H,15,16). The highest BCUT2D eigenvalue weighted by Gasteiger charge is 2.16. The highest BCUT2D eigenvalue weighted by atomic mass is 32.1. The average Bonchev–Trinajstić information content (AvgIpc) is 3.07. The molecular weight excluding hydrogens is 258 g/mol. The first-order chi connectivity index (χ1) is 9.25. The summed E-state index contributed by atoms with van der Waals surface area (Å²) >= 11 is 1.66. The Morgan fingerprint density at radius 2 is 2.26 bits per heavy atom. The molecule has 1 N–H and O–H groups in total. The van der Waals surface area contributed by atoms with Gasteiger partial charge in [0.25, 0.3) is 5.91 Å². The minimum Gasteiger partial charge on any atom is -0.336 e. The molecule has 5 heteroatoms. The molecule has 0 aliphatic rings. The molecule has 1 amide bonds. The van der Waals surface area contributed by atoms with Gasteiger partial charge in [0.2, 0.25) is 0 Å². The summed E-state index contributed by atoms with van der Waals surface area (Å²) in [6.45, 7) is 0.626. The summed E-state index contributed by atoms with van der Waals surface area (Å²) in [6.07, 6.45) is 1.73. The molecule has 1 aromatic carbocycles. The summed E-state index contributed by atoms with van der Waals surface area (Å²) in [5.41, 5.74) is 1.46. The molecule has 0 aliphatic heterocycles. The number of rotatable bonds is 3. The van der Waals surface area contributed by atoms with Gasteiger partial charge in [-0.25, -0.2) is 0 Å². The third-order valence-electron chi connectivity index (χ3n) is 3.03. The van der Waals surface area contributed by atoms with E-state index in [9.17, 15) is 4.79 Å². The summed E-state index contributed by atoms with van der Waals surface area (Å²) in [7, 11) is 1.82. The SMILES string of the molecule is CN(Cc1cccs1)C(=O)c1cccc2cn[nH]c12. The van der Waals surface area contributed by atoms with Crippen LogP contribution < -0.4 is 0 Å². The lowest BCUT2D eigenvalue weighted by molar-refractivity contribution is 0.0788. The van der Waals surface area contributed by atoms with Crippen LogP contribution in [0.5, 0.6) is 0 Å². The maximum Gasteiger partial charge on any atom is 0.256 e. The second kappa shape index (κ2) is 4.85. The van der Waals surface area contributed by atoms with Crippen molar-refractivity contribution in [1.29, 1.82) is 0 Å². The van der Waals surface area contributed by atoms with Crippen LogP contribution in [0.4, 0.5) is 0 Å². The van der Waals surface area contributed by atoms with Crippen molar-refractivity contribution in [2.75, 3.05) is 7.05 Å². The van der Waals surface area contributed by atoms with Crippen LogP contribution in [0.15, 0.2) is 41.9 Å². The Bertz CT molecular complexity index is 702. The number of fused-ring (bicyclic) bond motifs is 1. The van der Waals surface area contributed by atoms with E-state index in [0.29, 0.717) is 12.1 Å². The summed E-state index contributed by atoms with van der Waals surface area (Å²) in [5, 5.41) is 9.84. The van der Waals surface area contributed by atoms with E-state index in [1.165, 1.54) is 4.88 Å². The zero-order chi connectivity index (χ0) is 13.2. The lowest BCUT2D eigenvalue weighted by Crippen LogP contribution is -2.26. The van der Waals surface area contributed by atoms with Gasteiger partial charge < -0.3 is 4.90 Å². The van der Waals surface area contributed by atoms with E-state index < -0.39 is 0 Å². The Labute approximate surface area is 114 Å². The second-order valence-corrected chi connectivity index (χ2v) is 5.41. The quantitative estimate of drug-likeness (QED) is 0.796. The van der Waals surface area contributed by atoms with Crippen LogP contribution in [0, 0.1) is 0 Å². The van der Waals surface area contributed by atoms with E-state index in [0.717, 1.165) is 10.9 Å². The van der Waals surface area contributed by atoms with Crippen molar-refractivity contribution < 1.29 is 4.79 Å². The van der Waals surface area contributed by atoms with Crippen molar-refractivity contribution in [3.05, 3.63) is 52.3 Å². The van der Waals surface area contributed by atoms with Crippen molar-refractivity contribution in [2.24, 2.45) is 0 Å². The van der Waals surface area contributed by atoms with Crippen molar-refractivity contribution in [3.63, 3.8) is 0 Å². The number of hydrogen-bond donors (Lipinski definition) is 1. The number of benzene rings is 1. The Morgan fingerprint density at radius 1 is 1.37 bits per heavy atom. The summed E-state index contributed by atoms with van der Waals surface area (Å²) < 4.78 is 0. The molecule has 0 aliphatic carbocycles. The number of nitrogens with one attached hydrogen (secondary N) is 1. The number of carbonyl (C=O) groups is 1. The molecule has 19 heavy (non-hydrogen) atoms. The number of nitrogens with zero attached hydrogens (tertiary/aromatic N) is 2. The fraction of sp³-hybridized carbons (Fsp3) is 0.143. The largest absolute Gasteiger partial charge is 0.336 e. The number of carbonyl (C=O) groups excluding carboxylic acids is 1. The van der Waals surface area contributed by atoms with Gasteiger partial charge in [-0.1, -0.05) is 18.2 Å². The van der Waals surface area contributed by atoms with Crippen LogP contribution in [-0.4, -0.2) is 28.1 Å². The molecule has 2 aromatic heterocycles. The number of H-pyrrole nitrogens is 1. The topological polar surface area (TPSA) is 49.0 Å². The van der Waals surface area contributed by atoms with E-state index in [1.54, 1.807) is 22.4 Å². The van der Waals surface area contributed by atoms with Crippen molar-refractivity contribution in [2.45, 2.75) is 6.54 Å². The van der Waals surface area contributed by atoms with Gasteiger partial charge in [-0.15, -0.1) is 11.3 Å². The van der Waals surface area contributed by atoms with Crippen molar-refractivity contribution >= 4 is 28.1 Å². The Kier molecular flexibility index (Phi) is 3.05. The van der Waals surface area contributed by atoms with Crippen LogP contribution in [0.1, 0.15) is 15.2 Å². The predicted octanol–water partition coefficient (Wildman–Crippen LogP) is 2.90. The maximum absolute atomic E-state index is 12.5. The minimum absolute atomic E-state index is 0.00301. The highest BCUT2D eigenvalue weighted by molar-refractivity contribution is 7.09. The second-order valence-electron chi connectivity index (χ2n) is 4.38. The fourth-order valence-corrected chi connectivity index (χ4v) is 2.82. The average molecular weight is 271 g/mol. The van der Waals surface area contributed by atoms with Gasteiger partial charge >= 0.3 is 0 Å². The van der Waals surface area contributed by atoms with Crippen molar-refractivity contribution in [3.8, 4) is 0 Å². The summed E-state index contributed by atoms with van der Waals surface area (Å²) in [4.78, 5) is 15.4. The molecular formula is C14H13N3OS. The van der Waals surface area contributed by atoms with Gasteiger partial charge in [-0.2, -0.15) is 5.10 Å². The van der Waals surface area contributed by atoms with E-state index in [-0.39, 0.29) is 5.91 Å². The third-order valence-corrected chi connectivity index (χ3v) is 3.89. The van der Waals surface area contributed by atoms with Crippen LogP contribution in [0.2, 0.25) is 0 Å². The number of aromatic nitrogens is 2. The maximum atomic E-state index is 12.5. The molecule has 3 rings (SSSR count). The number of thiophene rings is 1. The molecule has 0 unspecified atom stereocenters. The molecule has 0 spiro atoms. The Morgan fingerprint density at radius 3 is 3.05 bits per heavy atom. The van der Waals surface area contributed by atoms with Crippen LogP contribution in [-0.2, 0) is 6.54 Å². The zero-order valence-corrected chi connectivity index (χ0v) is 11.3. The summed E-state index contributed by atoms with van der Waals surface area (Å²) in [5.74, 6) is 0.00301. The zero-order valence-electron chi connectivity index (χ0n) is 10.5. The molecule has 0 saturated heterocycles. The molecule has 0 atom stereocenters. The normalized spacial score (nSPS) is 10.8. The lowest BCUT2D eigenvalue weighted by atomic mass is 10.1. The third kappa shape index (κ3) is 2.24. The van der Waals surface area contributed by atoms with Gasteiger partial charge in [-0.3, -0.25) is 9.89 Å². The number of para-hydroxylation sites is 1. The van der Waals surface area contributed by atoms with E-state index in [4.69, 9.17) is 0 Å². The molecule has 2 heterocycles. The Balaban J connectivity index is 1.89. The summed E-state index contributed by atoms with van der Waals surface area (Å²) in [6, 6.07) is 9.67. The molecule has 0 radical (unpaired) electrons. The van der Waals surface area contributed by atoms with Gasteiger partial charge in [0.05, 0.1) is 23.8 Å². The van der Waals surface area contributed by atoms with E-state index >= 15 is 0 Å². The van der Waals surface area contributed by atoms with Gasteiger partial charge in [0.15, 0.2) is 0 Å². The predicted molar refractivity (Wildman–Crippen MR) is 76.2 cm³/mol. The number of hydrogen-bond acceptors (Lipinski definition) is 3. The van der Waals surface area contributed by atoms with Crippen LogP contribution in [0.25, 0.3) is 10.9 Å². The molecule has 3 aromatic rings. The van der Waals surface area contributed by atoms with Crippen LogP contribution in [0.3, 0.4) is 0 Å². The molecule has 0 bridgehead atoms. The monoisotopic (exact) mass is 271 g/mol. The number of aromatic amines is 1. The van der Waals surface area contributed by atoms with Gasteiger partial charge in [0.1, 0.15) is 0 Å². The fourth-order valence-electron chi connectivity index (χ4n) is 2.06. The first-order valence-electron chi connectivity index (χ1n) is 5.95. The van der Waals surface area contributed by atoms with Crippen molar-refractivity contribution in [1.82, 2.24) is 15.1 Å². The van der Waals surface area contributed by atoms with Crippen LogP contribution >= 0.6 is 11.3 Å². The minimum atomic E-state index is 0.00301. The number of amides is 1. The molecule has 0 saturated carbocycles. The van der Waals surface area contributed by atoms with Gasteiger partial charge in [0, 0.05) is 17.3 Å². The smallest absolute Gasteiger partial charge is 0.256 e. The lowest BCUT2D eigenvalue weighted by Gasteiger charge is -2.16.